The minimum absolute atomic E-state index is 0.156. The van der Waals surface area contributed by atoms with Crippen LogP contribution < -0.4 is 9.84 Å². The third-order valence-electron chi connectivity index (χ3n) is 2.12. The van der Waals surface area contributed by atoms with Crippen LogP contribution in [-0.2, 0) is 0 Å². The summed E-state index contributed by atoms with van der Waals surface area (Å²) < 4.78 is 5.58. The van der Waals surface area contributed by atoms with Crippen molar-refractivity contribution < 1.29 is 14.6 Å². The fourth-order valence-corrected chi connectivity index (χ4v) is 1.37. The van der Waals surface area contributed by atoms with Crippen molar-refractivity contribution in [1.82, 2.24) is 0 Å². The molecule has 0 amide bonds. The first-order valence-corrected chi connectivity index (χ1v) is 5.11. The molecule has 3 nitrogen and oxygen atoms in total. The summed E-state index contributed by atoms with van der Waals surface area (Å²) in [6.07, 6.45) is 2.21. The summed E-state index contributed by atoms with van der Waals surface area (Å²) in [6.45, 7) is 4.09. The van der Waals surface area contributed by atoms with E-state index in [2.05, 4.69) is 6.92 Å². The zero-order chi connectivity index (χ0) is 11.3. The highest BCUT2D eigenvalue weighted by Crippen LogP contribution is 2.15. The molecule has 0 aliphatic carbocycles. The summed E-state index contributed by atoms with van der Waals surface area (Å²) in [5, 5.41) is 10.5. The van der Waals surface area contributed by atoms with Gasteiger partial charge in [-0.15, -0.1) is 0 Å². The van der Waals surface area contributed by atoms with Gasteiger partial charge in [0.1, 0.15) is 5.75 Å². The van der Waals surface area contributed by atoms with Gasteiger partial charge in [0.25, 0.3) is 0 Å². The number of ether oxygens (including phenoxy) is 1. The lowest BCUT2D eigenvalue weighted by Gasteiger charge is -2.14. The predicted octanol–water partition coefficient (Wildman–Crippen LogP) is 1.62. The van der Waals surface area contributed by atoms with Crippen molar-refractivity contribution in [2.45, 2.75) is 32.8 Å². The molecule has 1 aromatic rings. The normalized spacial score (nSPS) is 12.1. The van der Waals surface area contributed by atoms with E-state index < -0.39 is 5.97 Å². The molecule has 0 spiro atoms. The fraction of sp³-hybridized carbons (Fsp3) is 0.417. The Morgan fingerprint density at radius 1 is 1.40 bits per heavy atom. The third-order valence-corrected chi connectivity index (χ3v) is 2.12. The topological polar surface area (TPSA) is 49.4 Å². The number of carbonyl (C=O) groups excluding carboxylic acids is 1. The van der Waals surface area contributed by atoms with Crippen LogP contribution in [0.4, 0.5) is 0 Å². The Morgan fingerprint density at radius 2 is 2.00 bits per heavy atom. The second-order valence-electron chi connectivity index (χ2n) is 3.53. The molecule has 15 heavy (non-hydrogen) atoms. The molecule has 1 aromatic carbocycles. The van der Waals surface area contributed by atoms with Crippen molar-refractivity contribution in [1.29, 1.82) is 0 Å². The van der Waals surface area contributed by atoms with Crippen LogP contribution >= 0.6 is 0 Å². The van der Waals surface area contributed by atoms with E-state index in [1.54, 1.807) is 12.1 Å². The highest BCUT2D eigenvalue weighted by molar-refractivity contribution is 5.85. The molecule has 0 bridgehead atoms. The van der Waals surface area contributed by atoms with Crippen LogP contribution in [0.15, 0.2) is 24.3 Å². The Bertz CT molecular complexity index is 316. The molecule has 0 aliphatic heterocycles. The maximum atomic E-state index is 10.5. The molecule has 0 radical (unpaired) electrons. The number of aromatic carboxylic acids is 1. The largest absolute Gasteiger partial charge is 0.545 e. The lowest BCUT2D eigenvalue weighted by molar-refractivity contribution is -0.255. The van der Waals surface area contributed by atoms with Crippen LogP contribution in [0.2, 0.25) is 0 Å². The molecule has 0 aliphatic rings. The molecular weight excluding hydrogens is 192 g/mol. The average Bonchev–Trinajstić information content (AvgIpc) is 2.18. The van der Waals surface area contributed by atoms with Gasteiger partial charge in [0, 0.05) is 0 Å². The zero-order valence-electron chi connectivity index (χ0n) is 9.03. The number of carbonyl (C=O) groups is 1. The Hall–Kier alpha value is -1.51. The molecule has 82 valence electrons. The minimum atomic E-state index is -1.16. The number of rotatable bonds is 5. The van der Waals surface area contributed by atoms with Crippen molar-refractivity contribution in [2.75, 3.05) is 0 Å². The van der Waals surface area contributed by atoms with Crippen LogP contribution in [0.1, 0.15) is 37.0 Å². The maximum Gasteiger partial charge on any atom is 0.119 e. The number of carboxylic acids is 1. The van der Waals surface area contributed by atoms with Crippen LogP contribution in [0.25, 0.3) is 0 Å². The molecule has 0 saturated carbocycles. The van der Waals surface area contributed by atoms with E-state index in [4.69, 9.17) is 4.74 Å². The first kappa shape index (κ1) is 11.6. The van der Waals surface area contributed by atoms with Crippen molar-refractivity contribution in [3.05, 3.63) is 29.8 Å². The van der Waals surface area contributed by atoms with E-state index in [-0.39, 0.29) is 11.7 Å². The Labute approximate surface area is 89.7 Å². The summed E-state index contributed by atoms with van der Waals surface area (Å²) in [7, 11) is 0. The molecule has 1 atom stereocenters. The molecular formula is C12H15O3-. The summed E-state index contributed by atoms with van der Waals surface area (Å²) in [5.74, 6) is -0.468. The first-order chi connectivity index (χ1) is 7.13. The molecule has 3 heteroatoms. The van der Waals surface area contributed by atoms with Gasteiger partial charge >= 0.3 is 0 Å². The van der Waals surface area contributed by atoms with Gasteiger partial charge in [0.15, 0.2) is 0 Å². The Morgan fingerprint density at radius 3 is 2.47 bits per heavy atom. The van der Waals surface area contributed by atoms with E-state index in [9.17, 15) is 9.90 Å². The molecule has 0 saturated heterocycles. The van der Waals surface area contributed by atoms with Crippen molar-refractivity contribution >= 4 is 5.97 Å². The molecule has 1 rings (SSSR count). The number of benzene rings is 1. The highest BCUT2D eigenvalue weighted by atomic mass is 16.5. The number of hydrogen-bond donors (Lipinski definition) is 0. The van der Waals surface area contributed by atoms with Gasteiger partial charge in [0.05, 0.1) is 12.1 Å². The average molecular weight is 207 g/mol. The Balaban J connectivity index is 2.60. The standard InChI is InChI=1S/C12H16O3/c1-3-4-9(2)15-11-7-5-10(6-8-11)12(13)14/h5-9H,3-4H2,1-2H3,(H,13,14)/p-1/t9-/m1/s1. The summed E-state index contributed by atoms with van der Waals surface area (Å²) in [6, 6.07) is 6.28. The zero-order valence-corrected chi connectivity index (χ0v) is 9.03. The SMILES string of the molecule is CCC[C@@H](C)Oc1ccc(C(=O)[O-])cc1. The minimum Gasteiger partial charge on any atom is -0.545 e. The van der Waals surface area contributed by atoms with E-state index >= 15 is 0 Å². The van der Waals surface area contributed by atoms with Gasteiger partial charge in [-0.3, -0.25) is 0 Å². The summed E-state index contributed by atoms with van der Waals surface area (Å²) in [5.41, 5.74) is 0.172. The molecule has 0 N–H and O–H groups in total. The van der Waals surface area contributed by atoms with Gasteiger partial charge in [-0.05, 0) is 43.2 Å². The van der Waals surface area contributed by atoms with Gasteiger partial charge < -0.3 is 14.6 Å². The van der Waals surface area contributed by atoms with Crippen molar-refractivity contribution in [2.24, 2.45) is 0 Å². The molecule has 0 heterocycles. The maximum absolute atomic E-state index is 10.5. The second-order valence-corrected chi connectivity index (χ2v) is 3.53. The van der Waals surface area contributed by atoms with Gasteiger partial charge in [-0.25, -0.2) is 0 Å². The van der Waals surface area contributed by atoms with Gasteiger partial charge in [-0.2, -0.15) is 0 Å². The highest BCUT2D eigenvalue weighted by Gasteiger charge is 2.02. The first-order valence-electron chi connectivity index (χ1n) is 5.11. The van der Waals surface area contributed by atoms with Crippen LogP contribution in [-0.4, -0.2) is 12.1 Å². The van der Waals surface area contributed by atoms with Gasteiger partial charge in [0.2, 0.25) is 0 Å². The Kier molecular flexibility index (Phi) is 4.16. The van der Waals surface area contributed by atoms with E-state index in [1.165, 1.54) is 12.1 Å². The third kappa shape index (κ3) is 3.62. The van der Waals surface area contributed by atoms with Crippen LogP contribution in [0.3, 0.4) is 0 Å². The summed E-state index contributed by atoms with van der Waals surface area (Å²) >= 11 is 0. The van der Waals surface area contributed by atoms with E-state index in [0.29, 0.717) is 5.75 Å². The predicted molar refractivity (Wildman–Crippen MR) is 55.8 cm³/mol. The lowest BCUT2D eigenvalue weighted by Crippen LogP contribution is -2.22. The van der Waals surface area contributed by atoms with Crippen molar-refractivity contribution in [3.8, 4) is 5.75 Å². The van der Waals surface area contributed by atoms with Crippen LogP contribution in [0, 0.1) is 0 Å². The van der Waals surface area contributed by atoms with E-state index in [0.717, 1.165) is 12.8 Å². The van der Waals surface area contributed by atoms with E-state index in [1.807, 2.05) is 6.92 Å². The second kappa shape index (κ2) is 5.39. The molecule has 0 aromatic heterocycles. The van der Waals surface area contributed by atoms with Crippen LogP contribution in [0.5, 0.6) is 5.75 Å². The smallest absolute Gasteiger partial charge is 0.119 e. The summed E-state index contributed by atoms with van der Waals surface area (Å²) in [4.78, 5) is 10.5. The molecule has 0 unspecified atom stereocenters. The number of carboxylic acid groups (broad SMARTS) is 1. The monoisotopic (exact) mass is 207 g/mol. The lowest BCUT2D eigenvalue weighted by atomic mass is 10.2. The van der Waals surface area contributed by atoms with Gasteiger partial charge in [-0.1, -0.05) is 13.3 Å². The number of hydrogen-bond acceptors (Lipinski definition) is 3. The fourth-order valence-electron chi connectivity index (χ4n) is 1.37. The molecule has 0 fully saturated rings. The quantitative estimate of drug-likeness (QED) is 0.737. The van der Waals surface area contributed by atoms with Crippen molar-refractivity contribution in [3.63, 3.8) is 0 Å².